The molecule has 8 atom stereocenters. The number of rotatable bonds is 13. The van der Waals surface area contributed by atoms with E-state index in [9.17, 15) is 9.59 Å². The summed E-state index contributed by atoms with van der Waals surface area (Å²) in [7, 11) is 8.17. The van der Waals surface area contributed by atoms with Gasteiger partial charge in [-0.25, -0.2) is 0 Å². The van der Waals surface area contributed by atoms with E-state index >= 15 is 0 Å². The molecule has 4 fully saturated rings. The molecule has 13 rings (SSSR count). The van der Waals surface area contributed by atoms with Crippen molar-refractivity contribution in [1.29, 1.82) is 0 Å². The minimum Gasteiger partial charge on any atom is -0.337 e. The number of carbonyl (C=O) groups excluding carboxylic acids is 2. The lowest BCUT2D eigenvalue weighted by Crippen LogP contribution is -2.46. The summed E-state index contributed by atoms with van der Waals surface area (Å²) >= 11 is 12.2. The molecule has 8 aliphatic rings. The smallest absolute Gasteiger partial charge is 0.227 e. The fourth-order valence-electron chi connectivity index (χ4n) is 16.0. The Kier molecular flexibility index (Phi) is 44.7. The lowest BCUT2D eigenvalue weighted by atomic mass is 9.93. The quantitative estimate of drug-likeness (QED) is 0.113. The zero-order valence-corrected chi connectivity index (χ0v) is 69.4. The molecular formula is C90H146Cl2N8O2. The summed E-state index contributed by atoms with van der Waals surface area (Å²) in [6.45, 7) is 39.0. The summed E-state index contributed by atoms with van der Waals surface area (Å²) in [6.07, 6.45) is 28.3. The van der Waals surface area contributed by atoms with Crippen LogP contribution in [0.4, 0.5) is 0 Å². The third-order valence-corrected chi connectivity index (χ3v) is 22.0. The van der Waals surface area contributed by atoms with E-state index in [4.69, 9.17) is 23.2 Å². The van der Waals surface area contributed by atoms with Crippen molar-refractivity contribution in [3.05, 3.63) is 175 Å². The first-order valence-corrected chi connectivity index (χ1v) is 41.9. The van der Waals surface area contributed by atoms with Gasteiger partial charge in [0.05, 0.1) is 28.5 Å². The zero-order chi connectivity index (χ0) is 74.9. The van der Waals surface area contributed by atoms with Gasteiger partial charge in [0.1, 0.15) is 0 Å². The summed E-state index contributed by atoms with van der Waals surface area (Å²) in [5.41, 5.74) is 12.5. The number of likely N-dealkylation sites (tertiary alicyclic amines) is 4. The van der Waals surface area contributed by atoms with Gasteiger partial charge in [-0.3, -0.25) is 29.2 Å². The molecule has 0 saturated carbocycles. The minimum atomic E-state index is 0.0574. The lowest BCUT2D eigenvalue weighted by Gasteiger charge is -2.39. The van der Waals surface area contributed by atoms with Crippen LogP contribution < -0.4 is 10.6 Å². The van der Waals surface area contributed by atoms with Gasteiger partial charge in [0.2, 0.25) is 11.8 Å². The van der Waals surface area contributed by atoms with Crippen LogP contribution in [0, 0.1) is 5.92 Å². The predicted octanol–water partition coefficient (Wildman–Crippen LogP) is 21.6. The van der Waals surface area contributed by atoms with Crippen molar-refractivity contribution in [3.63, 3.8) is 0 Å². The minimum absolute atomic E-state index is 0.0574. The Bertz CT molecular complexity index is 3030. The van der Waals surface area contributed by atoms with E-state index in [1.165, 1.54) is 195 Å². The van der Waals surface area contributed by atoms with Crippen LogP contribution in [-0.2, 0) is 41.7 Å². The molecule has 4 aliphatic carbocycles. The van der Waals surface area contributed by atoms with Crippen molar-refractivity contribution < 1.29 is 9.59 Å². The maximum atomic E-state index is 13.3. The SMILES string of the molecule is CC.CC.CC(C)C(=O)N(C)[C@@H]1c2ccccc2C[C@H]1N1CCCC1.CCC.CCC.CCCC.CCCC.CN(C(=O)Cc1ccc(Cl)c(Cl)c1)[C@H]1c2ccccc2CCC[C@@H]1N1CCCC1.CN[C@@H]1c2ccccc2C[C@H]1N1CCCC1.CN[C@H]1c2ccccc2CCC[C@@H]1N1CCCC1. The number of unbranched alkanes of at least 4 members (excludes halogenated alkanes) is 2. The number of nitrogens with zero attached hydrogens (tertiary/aromatic N) is 6. The van der Waals surface area contributed by atoms with Crippen molar-refractivity contribution in [2.24, 2.45) is 5.92 Å². The van der Waals surface area contributed by atoms with Crippen LogP contribution in [-0.4, -0.2) is 146 Å². The highest BCUT2D eigenvalue weighted by Crippen LogP contribution is 2.42. The number of aryl methyl sites for hydroxylation is 2. The summed E-state index contributed by atoms with van der Waals surface area (Å²) < 4.78 is 0. The maximum absolute atomic E-state index is 13.3. The highest BCUT2D eigenvalue weighted by atomic mass is 35.5. The molecule has 572 valence electrons. The number of hydrogen-bond acceptors (Lipinski definition) is 8. The van der Waals surface area contributed by atoms with Crippen LogP contribution in [0.2, 0.25) is 10.0 Å². The molecule has 5 aromatic rings. The molecule has 12 heteroatoms. The molecule has 0 unspecified atom stereocenters. The number of fused-ring (bicyclic) bond motifs is 4. The van der Waals surface area contributed by atoms with Crippen molar-refractivity contribution in [3.8, 4) is 0 Å². The van der Waals surface area contributed by atoms with E-state index in [2.05, 4.69) is 197 Å². The molecule has 2 amide bonds. The molecule has 5 aromatic carbocycles. The second-order valence-electron chi connectivity index (χ2n) is 29.1. The van der Waals surface area contributed by atoms with Crippen LogP contribution in [0.25, 0.3) is 0 Å². The molecule has 2 N–H and O–H groups in total. The standard InChI is InChI=1S/C24H28Cl2N2O.C18H26N2O.C16H24N2.C14H20N2.2C4H10.2C3H8.2C2H6/c1-27(23(29)16-17-11-12-20(25)21(26)15-17)24-19-9-3-2-7-18(19)8-6-10-22(24)28-13-4-5-14-28;1-13(2)18(21)19(3)17-15-9-5-4-8-14(15)12-16(17)20-10-6-7-11-20;1-17-16-14-9-3-2-7-13(14)8-6-10-15(16)18-11-4-5-12-18;1-15-14-12-7-3-2-6-11(12)10-13(14)16-8-4-5-9-16;2*1-3-4-2;2*1-3-2;2*1-2/h2-3,7,9,11-12,15,22,24H,4-6,8,10,13-14,16H2,1H3;4-5,8-9,13,16-17H,6-7,10-12H2,1-3H3;2-3,7,9,15-17H,4-6,8,10-12H2,1H3;2-3,6-7,13-15H,4-5,8-10H2,1H3;2*3-4H2,1-2H3;2*3H2,1-2H3;2*1-2H3/t22-,24-;16-,17-;15-,16-;13-,14-;;;;;;/m0101....../s1. The van der Waals surface area contributed by atoms with Gasteiger partial charge in [-0.05, 0) is 231 Å². The lowest BCUT2D eigenvalue weighted by molar-refractivity contribution is -0.136. The first-order chi connectivity index (χ1) is 49.6. The molecule has 0 aromatic heterocycles. The Labute approximate surface area is 635 Å². The number of hydrogen-bond donors (Lipinski definition) is 2. The third-order valence-electron chi connectivity index (χ3n) is 21.2. The van der Waals surface area contributed by atoms with E-state index in [1.807, 2.05) is 71.5 Å². The molecule has 4 heterocycles. The topological polar surface area (TPSA) is 77.6 Å². The second kappa shape index (κ2) is 50.8. The van der Waals surface area contributed by atoms with Crippen molar-refractivity contribution in [2.75, 3.05) is 80.5 Å². The fourth-order valence-corrected chi connectivity index (χ4v) is 16.3. The van der Waals surface area contributed by atoms with Crippen LogP contribution in [0.3, 0.4) is 0 Å². The molecule has 0 spiro atoms. The van der Waals surface area contributed by atoms with Gasteiger partial charge in [0.25, 0.3) is 0 Å². The van der Waals surface area contributed by atoms with E-state index < -0.39 is 0 Å². The van der Waals surface area contributed by atoms with Gasteiger partial charge in [-0.1, -0.05) is 262 Å². The van der Waals surface area contributed by atoms with Gasteiger partial charge in [0, 0.05) is 56.3 Å². The van der Waals surface area contributed by atoms with Crippen LogP contribution in [0.15, 0.2) is 115 Å². The molecular weight excluding hydrogens is 1300 g/mol. The van der Waals surface area contributed by atoms with Gasteiger partial charge in [0.15, 0.2) is 0 Å². The third kappa shape index (κ3) is 26.7. The normalized spacial score (nSPS) is 22.3. The Morgan fingerprint density at radius 3 is 1.20 bits per heavy atom. The second-order valence-corrected chi connectivity index (χ2v) is 29.9. The highest BCUT2D eigenvalue weighted by molar-refractivity contribution is 6.42. The van der Waals surface area contributed by atoms with Gasteiger partial charge in [-0.15, -0.1) is 0 Å². The molecule has 0 radical (unpaired) electrons. The average molecular weight is 1440 g/mol. The first-order valence-electron chi connectivity index (χ1n) is 41.2. The maximum Gasteiger partial charge on any atom is 0.227 e. The number of amides is 2. The van der Waals surface area contributed by atoms with Crippen molar-refractivity contribution in [2.45, 2.75) is 293 Å². The fraction of sp³-hybridized carbons (Fsp3) is 0.644. The Balaban J connectivity index is 0.000000271. The van der Waals surface area contributed by atoms with E-state index in [0.717, 1.165) is 37.9 Å². The van der Waals surface area contributed by atoms with Crippen molar-refractivity contribution in [1.82, 2.24) is 40.0 Å². The van der Waals surface area contributed by atoms with Crippen molar-refractivity contribution >= 4 is 35.0 Å². The Morgan fingerprint density at radius 2 is 0.765 bits per heavy atom. The number of likely N-dealkylation sites (N-methyl/N-ethyl adjacent to an activating group) is 4. The van der Waals surface area contributed by atoms with Crippen LogP contribution in [0.1, 0.15) is 287 Å². The zero-order valence-electron chi connectivity index (χ0n) is 67.8. The highest BCUT2D eigenvalue weighted by Gasteiger charge is 2.42. The van der Waals surface area contributed by atoms with E-state index in [-0.39, 0.29) is 29.8 Å². The predicted molar refractivity (Wildman–Crippen MR) is 443 cm³/mol. The first kappa shape index (κ1) is 89.8. The van der Waals surface area contributed by atoms with Gasteiger partial charge >= 0.3 is 0 Å². The monoisotopic (exact) mass is 1440 g/mol. The van der Waals surface area contributed by atoms with E-state index in [1.54, 1.807) is 23.3 Å². The number of carbonyl (C=O) groups is 2. The number of nitrogens with one attached hydrogen (secondary N) is 2. The number of benzene rings is 5. The largest absolute Gasteiger partial charge is 0.337 e. The molecule has 4 saturated heterocycles. The average Bonchev–Trinajstić information content (AvgIpc) is 1.55. The summed E-state index contributed by atoms with van der Waals surface area (Å²) in [5.74, 6) is 0.428. The van der Waals surface area contributed by atoms with E-state index in [0.29, 0.717) is 52.7 Å². The Hall–Kier alpha value is -4.62. The molecule has 4 aliphatic heterocycles. The summed E-state index contributed by atoms with van der Waals surface area (Å²) in [6, 6.07) is 44.3. The molecule has 0 bridgehead atoms. The Morgan fingerprint density at radius 1 is 0.431 bits per heavy atom. The molecule has 102 heavy (non-hydrogen) atoms. The number of halogens is 2. The van der Waals surface area contributed by atoms with Gasteiger partial charge < -0.3 is 20.4 Å². The molecule has 10 nitrogen and oxygen atoms in total. The van der Waals surface area contributed by atoms with Gasteiger partial charge in [-0.2, -0.15) is 0 Å². The summed E-state index contributed by atoms with van der Waals surface area (Å²) in [4.78, 5) is 40.4. The summed E-state index contributed by atoms with van der Waals surface area (Å²) in [5, 5.41) is 8.10. The van der Waals surface area contributed by atoms with Crippen LogP contribution >= 0.6 is 23.2 Å². The van der Waals surface area contributed by atoms with Crippen LogP contribution in [0.5, 0.6) is 0 Å².